The number of halogens is 3. The number of carbonyl (C=O) groups is 1. The molecule has 3 rings (SSSR count). The van der Waals surface area contributed by atoms with Crippen molar-refractivity contribution in [3.8, 4) is 0 Å². The predicted molar refractivity (Wildman–Crippen MR) is 144 cm³/mol. The smallest absolute Gasteiger partial charge is 0.253 e. The summed E-state index contributed by atoms with van der Waals surface area (Å²) in [6, 6.07) is 13.3. The number of amides is 1. The van der Waals surface area contributed by atoms with Crippen molar-refractivity contribution >= 4 is 51.4 Å². The Bertz CT molecular complexity index is 1120. The maximum Gasteiger partial charge on any atom is 0.253 e. The van der Waals surface area contributed by atoms with E-state index in [4.69, 9.17) is 33.7 Å². The summed E-state index contributed by atoms with van der Waals surface area (Å²) in [5.74, 6) is -0.487. The monoisotopic (exact) mass is 562 g/mol. The third kappa shape index (κ3) is 6.51. The summed E-state index contributed by atoms with van der Waals surface area (Å²) < 4.78 is 31.7. The Labute approximate surface area is 224 Å². The molecule has 0 saturated carbocycles. The van der Waals surface area contributed by atoms with Crippen molar-refractivity contribution in [2.45, 2.75) is 63.2 Å². The summed E-state index contributed by atoms with van der Waals surface area (Å²) in [4.78, 5) is 15.3. The van der Waals surface area contributed by atoms with Crippen LogP contribution in [0.2, 0.25) is 10.0 Å². The molecule has 6 nitrogen and oxygen atoms in total. The highest BCUT2D eigenvalue weighted by molar-refractivity contribution is 7.92. The molecule has 2 aromatic rings. The second kappa shape index (κ2) is 11.8. The Morgan fingerprint density at radius 3 is 2.20 bits per heavy atom. The molecular formula is C25H33Cl3N2O4S. The van der Waals surface area contributed by atoms with Crippen LogP contribution in [-0.2, 0) is 19.4 Å². The van der Waals surface area contributed by atoms with Gasteiger partial charge in [-0.2, -0.15) is 0 Å². The molecule has 35 heavy (non-hydrogen) atoms. The van der Waals surface area contributed by atoms with Gasteiger partial charge < -0.3 is 15.4 Å². The number of nitrogens with zero attached hydrogens (tertiary/aromatic N) is 1. The van der Waals surface area contributed by atoms with Crippen LogP contribution in [0.1, 0.15) is 57.4 Å². The zero-order valence-corrected chi connectivity index (χ0v) is 23.4. The van der Waals surface area contributed by atoms with Crippen LogP contribution in [0, 0.1) is 0 Å². The molecule has 0 aliphatic carbocycles. The average molecular weight is 564 g/mol. The highest BCUT2D eigenvalue weighted by Crippen LogP contribution is 2.44. The molecule has 1 aliphatic heterocycles. The van der Waals surface area contributed by atoms with Crippen molar-refractivity contribution in [3.63, 3.8) is 0 Å². The van der Waals surface area contributed by atoms with Gasteiger partial charge in [-0.3, -0.25) is 4.79 Å². The first-order valence-corrected chi connectivity index (χ1v) is 13.7. The van der Waals surface area contributed by atoms with Crippen LogP contribution in [0.3, 0.4) is 0 Å². The van der Waals surface area contributed by atoms with Gasteiger partial charge in [-0.25, -0.2) is 8.42 Å². The van der Waals surface area contributed by atoms with Crippen molar-refractivity contribution in [3.05, 3.63) is 69.7 Å². The number of rotatable bonds is 7. The predicted octanol–water partition coefficient (Wildman–Crippen LogP) is 5.38. The number of hydrogen-bond acceptors (Lipinski definition) is 5. The number of ether oxygens (including phenoxy) is 1. The van der Waals surface area contributed by atoms with E-state index in [0.717, 1.165) is 11.1 Å². The first-order chi connectivity index (χ1) is 15.9. The summed E-state index contributed by atoms with van der Waals surface area (Å²) in [6.45, 7) is 6.87. The Morgan fingerprint density at radius 2 is 1.69 bits per heavy atom. The fourth-order valence-corrected chi connectivity index (χ4v) is 5.89. The second-order valence-electron chi connectivity index (χ2n) is 9.53. The summed E-state index contributed by atoms with van der Waals surface area (Å²) in [5.41, 5.74) is 7.49. The van der Waals surface area contributed by atoms with Crippen molar-refractivity contribution < 1.29 is 17.9 Å². The number of morpholine rings is 1. The van der Waals surface area contributed by atoms with Crippen molar-refractivity contribution in [1.29, 1.82) is 0 Å². The fourth-order valence-electron chi connectivity index (χ4n) is 4.16. The summed E-state index contributed by atoms with van der Waals surface area (Å²) in [7, 11) is -3.52. The van der Waals surface area contributed by atoms with Gasteiger partial charge in [-0.05, 0) is 62.6 Å². The molecule has 0 aromatic heterocycles. The van der Waals surface area contributed by atoms with Crippen LogP contribution in [0.25, 0.3) is 0 Å². The van der Waals surface area contributed by atoms with Crippen LogP contribution < -0.4 is 5.73 Å². The Morgan fingerprint density at radius 1 is 1.06 bits per heavy atom. The lowest BCUT2D eigenvalue weighted by Crippen LogP contribution is -2.58. The minimum absolute atomic E-state index is 0. The van der Waals surface area contributed by atoms with E-state index in [2.05, 4.69) is 0 Å². The van der Waals surface area contributed by atoms with E-state index < -0.39 is 38.9 Å². The average Bonchev–Trinajstić information content (AvgIpc) is 2.77. The third-order valence-corrected chi connectivity index (χ3v) is 9.42. The van der Waals surface area contributed by atoms with Gasteiger partial charge in [0, 0.05) is 22.6 Å². The minimum Gasteiger partial charge on any atom is -0.357 e. The quantitative estimate of drug-likeness (QED) is 0.489. The van der Waals surface area contributed by atoms with E-state index >= 15 is 0 Å². The van der Waals surface area contributed by atoms with Crippen molar-refractivity contribution in [2.75, 3.05) is 12.3 Å². The van der Waals surface area contributed by atoms with Crippen LogP contribution in [0.4, 0.5) is 0 Å². The van der Waals surface area contributed by atoms with Crippen LogP contribution >= 0.6 is 35.6 Å². The molecule has 2 N–H and O–H groups in total. The van der Waals surface area contributed by atoms with Gasteiger partial charge in [0.15, 0.2) is 9.84 Å². The van der Waals surface area contributed by atoms with Gasteiger partial charge in [0.2, 0.25) is 0 Å². The van der Waals surface area contributed by atoms with Gasteiger partial charge in [-0.15, -0.1) is 12.4 Å². The minimum atomic E-state index is -3.52. The maximum atomic E-state index is 13.7. The van der Waals surface area contributed by atoms with Crippen LogP contribution in [0.5, 0.6) is 0 Å². The Hall–Kier alpha value is -1.35. The van der Waals surface area contributed by atoms with Gasteiger partial charge in [-0.1, -0.05) is 54.4 Å². The highest BCUT2D eigenvalue weighted by Gasteiger charge is 2.47. The highest BCUT2D eigenvalue weighted by atomic mass is 35.5. The zero-order chi connectivity index (χ0) is 25.3. The van der Waals surface area contributed by atoms with Crippen LogP contribution in [0.15, 0.2) is 48.5 Å². The van der Waals surface area contributed by atoms with Crippen molar-refractivity contribution in [1.82, 2.24) is 4.90 Å². The number of benzene rings is 2. The molecule has 2 aromatic carbocycles. The number of carbonyl (C=O) groups excluding carboxylic acids is 1. The molecule has 10 heteroatoms. The Kier molecular flexibility index (Phi) is 10.1. The van der Waals surface area contributed by atoms with Gasteiger partial charge in [0.1, 0.15) is 12.2 Å². The lowest BCUT2D eigenvalue weighted by Gasteiger charge is -2.48. The first kappa shape index (κ1) is 29.9. The molecule has 1 amide bonds. The molecular weight excluding hydrogens is 531 g/mol. The van der Waals surface area contributed by atoms with Crippen molar-refractivity contribution in [2.24, 2.45) is 5.73 Å². The largest absolute Gasteiger partial charge is 0.357 e. The van der Waals surface area contributed by atoms with Gasteiger partial charge in [0.25, 0.3) is 5.91 Å². The molecule has 1 aliphatic rings. The zero-order valence-electron chi connectivity index (χ0n) is 20.3. The molecule has 1 unspecified atom stereocenters. The topological polar surface area (TPSA) is 89.7 Å². The van der Waals surface area contributed by atoms with E-state index in [9.17, 15) is 13.2 Å². The molecule has 0 bridgehead atoms. The molecule has 1 heterocycles. The molecule has 1 fully saturated rings. The molecule has 0 spiro atoms. The van der Waals surface area contributed by atoms with E-state index in [1.54, 1.807) is 49.9 Å². The lowest BCUT2D eigenvalue weighted by molar-refractivity contribution is -0.177. The van der Waals surface area contributed by atoms with E-state index in [1.807, 2.05) is 31.2 Å². The Balaban J connectivity index is 0.00000432. The van der Waals surface area contributed by atoms with E-state index in [0.29, 0.717) is 16.5 Å². The van der Waals surface area contributed by atoms with Crippen LogP contribution in [-0.4, -0.2) is 48.4 Å². The van der Waals surface area contributed by atoms with E-state index in [1.165, 1.54) is 0 Å². The van der Waals surface area contributed by atoms with Gasteiger partial charge in [0.05, 0.1) is 16.5 Å². The number of sulfone groups is 1. The standard InChI is InChI=1S/C25H32Cl2N2O4S.ClH/c1-5-20(15-34(31,32)25(2,3)4)29-22(16-9-11-18(26)12-10-16)23(33-21(14-28)24(29)30)17-7-6-8-19(27)13-17;/h6-13,20-23H,5,14-15,28H2,1-4H3;1H/t20?,21-,22-,23-;/m1./s1. The van der Waals surface area contributed by atoms with E-state index in [-0.39, 0.29) is 30.6 Å². The molecule has 0 radical (unpaired) electrons. The molecule has 1 saturated heterocycles. The third-order valence-electron chi connectivity index (χ3n) is 6.24. The first-order valence-electron chi connectivity index (χ1n) is 11.3. The maximum absolute atomic E-state index is 13.7. The molecule has 4 atom stereocenters. The number of hydrogen-bond donors (Lipinski definition) is 1. The summed E-state index contributed by atoms with van der Waals surface area (Å²) in [6.07, 6.45) is -1.05. The normalized spacial score (nSPS) is 22.0. The summed E-state index contributed by atoms with van der Waals surface area (Å²) in [5, 5.41) is 1.09. The fraction of sp³-hybridized carbons (Fsp3) is 0.480. The summed E-state index contributed by atoms with van der Waals surface area (Å²) >= 11 is 12.4. The molecule has 194 valence electrons. The SMILES string of the molecule is CCC(CS(=O)(=O)C(C)(C)C)N1C(=O)[C@@H](CN)O[C@H](c2cccc(Cl)c2)[C@H]1c1ccc(Cl)cc1.Cl. The van der Waals surface area contributed by atoms with Gasteiger partial charge >= 0.3 is 0 Å². The lowest BCUT2D eigenvalue weighted by atomic mass is 9.90. The second-order valence-corrected chi connectivity index (χ2v) is 13.2. The number of nitrogens with two attached hydrogens (primary N) is 1.